The summed E-state index contributed by atoms with van der Waals surface area (Å²) in [6.45, 7) is 0. The molecule has 0 saturated carbocycles. The van der Waals surface area contributed by atoms with Gasteiger partial charge in [0.1, 0.15) is 6.20 Å². The Balaban J connectivity index is 2.93. The number of hydrogen-bond donors (Lipinski definition) is 1. The first-order valence-corrected chi connectivity index (χ1v) is 2.79. The van der Waals surface area contributed by atoms with E-state index in [9.17, 15) is 4.21 Å². The summed E-state index contributed by atoms with van der Waals surface area (Å²) in [5.41, 5.74) is 0. The van der Waals surface area contributed by atoms with Gasteiger partial charge in [-0.15, -0.1) is 5.10 Å². The van der Waals surface area contributed by atoms with E-state index in [0.717, 1.165) is 6.20 Å². The Bertz CT molecular complexity index is 183. The highest BCUT2D eigenvalue weighted by Crippen LogP contribution is 1.96. The highest BCUT2D eigenvalue weighted by molar-refractivity contribution is 7.79. The van der Waals surface area contributed by atoms with Crippen molar-refractivity contribution < 1.29 is 13.3 Å². The van der Waals surface area contributed by atoms with Gasteiger partial charge in [-0.2, -0.15) is 0 Å². The van der Waals surface area contributed by atoms with Crippen molar-refractivity contribution in [2.45, 2.75) is 5.09 Å². The molecule has 1 atom stereocenters. The van der Waals surface area contributed by atoms with Crippen molar-refractivity contribution >= 4 is 11.1 Å². The van der Waals surface area contributed by atoms with E-state index in [4.69, 9.17) is 4.55 Å². The molecule has 44 valence electrons. The fraction of sp³-hybridized carbons (Fsp3) is 0. The van der Waals surface area contributed by atoms with Crippen molar-refractivity contribution in [1.82, 2.24) is 10.4 Å². The molecule has 0 bridgehead atoms. The zero-order valence-electron chi connectivity index (χ0n) is 3.64. The van der Waals surface area contributed by atoms with Crippen LogP contribution in [0.1, 0.15) is 0 Å². The van der Waals surface area contributed by atoms with Crippen LogP contribution < -0.4 is 0 Å². The highest BCUT2D eigenvalue weighted by Gasteiger charge is 2.02. The number of hydrogen-bond acceptors (Lipinski definition) is 4. The Morgan fingerprint density at radius 1 is 1.88 bits per heavy atom. The predicted octanol–water partition coefficient (Wildman–Crippen LogP) is -0.350. The first-order chi connectivity index (χ1) is 3.80. The van der Waals surface area contributed by atoms with E-state index in [1.807, 2.05) is 0 Å². The van der Waals surface area contributed by atoms with Crippen molar-refractivity contribution in [3.8, 4) is 0 Å². The predicted molar refractivity (Wildman–Crippen MR) is 23.3 cm³/mol. The average molecular weight is 134 g/mol. The molecule has 5 nitrogen and oxygen atoms in total. The largest absolute Gasteiger partial charge is 0.325 e. The minimum Gasteiger partial charge on any atom is -0.325 e. The molecular formula is C2H2N2O3S. The Labute approximate surface area is 47.0 Å². The van der Waals surface area contributed by atoms with Crippen LogP contribution in [0.2, 0.25) is 0 Å². The van der Waals surface area contributed by atoms with E-state index in [2.05, 4.69) is 14.9 Å². The van der Waals surface area contributed by atoms with Crippen LogP contribution in [0.15, 0.2) is 15.8 Å². The van der Waals surface area contributed by atoms with Gasteiger partial charge in [0.25, 0.3) is 5.09 Å². The standard InChI is InChI=1S/C2H2N2O3S/c5-8(6)2-1-3-4-7-2/h1H,(H,5,6). The van der Waals surface area contributed by atoms with Crippen molar-refractivity contribution in [2.75, 3.05) is 0 Å². The molecule has 1 rings (SSSR count). The van der Waals surface area contributed by atoms with Gasteiger partial charge in [0.05, 0.1) is 0 Å². The second kappa shape index (κ2) is 2.01. The van der Waals surface area contributed by atoms with E-state index in [1.165, 1.54) is 0 Å². The molecule has 6 heteroatoms. The summed E-state index contributed by atoms with van der Waals surface area (Å²) in [5, 5.41) is 6.00. The lowest BCUT2D eigenvalue weighted by Crippen LogP contribution is -1.82. The Morgan fingerprint density at radius 2 is 2.62 bits per heavy atom. The summed E-state index contributed by atoms with van der Waals surface area (Å²) >= 11 is -2.09. The number of nitrogens with zero attached hydrogens (tertiary/aromatic N) is 2. The number of rotatable bonds is 1. The quantitative estimate of drug-likeness (QED) is 0.531. The second-order valence-electron chi connectivity index (χ2n) is 0.986. The Morgan fingerprint density at radius 3 is 2.88 bits per heavy atom. The van der Waals surface area contributed by atoms with Crippen LogP contribution in [0.25, 0.3) is 0 Å². The second-order valence-corrected chi connectivity index (χ2v) is 1.89. The molecule has 1 N–H and O–H groups in total. The van der Waals surface area contributed by atoms with Crippen molar-refractivity contribution in [3.63, 3.8) is 0 Å². The molecule has 8 heavy (non-hydrogen) atoms. The maximum absolute atomic E-state index is 10.00. The Hall–Kier alpha value is -0.750. The minimum atomic E-state index is -2.09. The lowest BCUT2D eigenvalue weighted by molar-refractivity contribution is 0.320. The van der Waals surface area contributed by atoms with Gasteiger partial charge < -0.3 is 4.52 Å². The third-order valence-electron chi connectivity index (χ3n) is 0.513. The third-order valence-corrected chi connectivity index (χ3v) is 1.04. The van der Waals surface area contributed by atoms with Crippen LogP contribution in [-0.2, 0) is 11.1 Å². The normalized spacial score (nSPS) is 13.6. The maximum atomic E-state index is 10.00. The summed E-state index contributed by atoms with van der Waals surface area (Å²) in [6.07, 6.45) is 1.08. The molecule has 1 heterocycles. The lowest BCUT2D eigenvalue weighted by Gasteiger charge is -1.75. The zero-order valence-corrected chi connectivity index (χ0v) is 4.46. The van der Waals surface area contributed by atoms with Gasteiger partial charge >= 0.3 is 0 Å². The highest BCUT2D eigenvalue weighted by atomic mass is 32.2. The van der Waals surface area contributed by atoms with E-state index in [1.54, 1.807) is 0 Å². The van der Waals surface area contributed by atoms with Gasteiger partial charge in [-0.25, -0.2) is 4.21 Å². The van der Waals surface area contributed by atoms with Crippen LogP contribution in [0.4, 0.5) is 0 Å². The van der Waals surface area contributed by atoms with Crippen LogP contribution in [0, 0.1) is 0 Å². The van der Waals surface area contributed by atoms with Crippen LogP contribution >= 0.6 is 0 Å². The van der Waals surface area contributed by atoms with E-state index >= 15 is 0 Å². The maximum Gasteiger partial charge on any atom is 0.270 e. The summed E-state index contributed by atoms with van der Waals surface area (Å²) < 4.78 is 22.4. The fourth-order valence-electron chi connectivity index (χ4n) is 0.235. The molecule has 0 spiro atoms. The van der Waals surface area contributed by atoms with E-state index < -0.39 is 11.1 Å². The summed E-state index contributed by atoms with van der Waals surface area (Å²) in [5.74, 6) is 0. The molecule has 0 saturated heterocycles. The smallest absolute Gasteiger partial charge is 0.270 e. The molecule has 1 aromatic heterocycles. The van der Waals surface area contributed by atoms with Crippen LogP contribution in [0.3, 0.4) is 0 Å². The van der Waals surface area contributed by atoms with E-state index in [0.29, 0.717) is 0 Å². The lowest BCUT2D eigenvalue weighted by atomic mass is 11.0. The zero-order chi connectivity index (χ0) is 5.98. The molecule has 0 fully saturated rings. The van der Waals surface area contributed by atoms with Gasteiger partial charge in [0.2, 0.25) is 11.1 Å². The van der Waals surface area contributed by atoms with Crippen molar-refractivity contribution in [1.29, 1.82) is 0 Å². The van der Waals surface area contributed by atoms with Gasteiger partial charge in [0, 0.05) is 5.27 Å². The van der Waals surface area contributed by atoms with Gasteiger partial charge in [0.15, 0.2) is 0 Å². The van der Waals surface area contributed by atoms with Crippen LogP contribution in [0.5, 0.6) is 0 Å². The molecule has 1 aromatic rings. The molecule has 1 unspecified atom stereocenters. The van der Waals surface area contributed by atoms with Crippen molar-refractivity contribution in [3.05, 3.63) is 6.20 Å². The monoisotopic (exact) mass is 134 g/mol. The molecule has 0 aliphatic rings. The first-order valence-electron chi connectivity index (χ1n) is 1.69. The third kappa shape index (κ3) is 0.903. The SMILES string of the molecule is O=S(O)c1cnno1. The summed E-state index contributed by atoms with van der Waals surface area (Å²) in [4.78, 5) is 0. The summed E-state index contributed by atoms with van der Waals surface area (Å²) in [7, 11) is 0. The molecular weight excluding hydrogens is 132 g/mol. The van der Waals surface area contributed by atoms with Gasteiger partial charge in [-0.3, -0.25) is 4.55 Å². The molecule has 0 aliphatic heterocycles. The number of aromatic nitrogens is 2. The van der Waals surface area contributed by atoms with Gasteiger partial charge in [-0.1, -0.05) is 0 Å². The molecule has 0 aromatic carbocycles. The van der Waals surface area contributed by atoms with Crippen LogP contribution in [-0.4, -0.2) is 19.1 Å². The topological polar surface area (TPSA) is 76.2 Å². The fourth-order valence-corrected chi connectivity index (χ4v) is 0.469. The summed E-state index contributed by atoms with van der Waals surface area (Å²) in [6, 6.07) is 0. The van der Waals surface area contributed by atoms with Crippen molar-refractivity contribution in [2.24, 2.45) is 0 Å². The van der Waals surface area contributed by atoms with E-state index in [-0.39, 0.29) is 5.09 Å². The minimum absolute atomic E-state index is 0.134. The average Bonchev–Trinajstić information content (AvgIpc) is 2.12. The first kappa shape index (κ1) is 5.39. The molecule has 0 radical (unpaired) electrons. The molecule has 0 amide bonds. The Kier molecular flexibility index (Phi) is 1.36. The van der Waals surface area contributed by atoms with Gasteiger partial charge in [-0.05, 0) is 0 Å². The molecule has 0 aliphatic carbocycles.